The van der Waals surface area contributed by atoms with E-state index in [-0.39, 0.29) is 30.8 Å². The Morgan fingerprint density at radius 2 is 2.00 bits per heavy atom. The van der Waals surface area contributed by atoms with Crippen LogP contribution in [-0.2, 0) is 19.1 Å². The Morgan fingerprint density at radius 1 is 1.26 bits per heavy atom. The van der Waals surface area contributed by atoms with Crippen molar-refractivity contribution in [2.45, 2.75) is 39.2 Å². The van der Waals surface area contributed by atoms with E-state index in [4.69, 9.17) is 9.47 Å². The van der Waals surface area contributed by atoms with Crippen LogP contribution in [0.25, 0.3) is 0 Å². The molecule has 7 nitrogen and oxygen atoms in total. The first-order chi connectivity index (χ1) is 13.0. The number of para-hydroxylation sites is 1. The Bertz CT molecular complexity index is 635. The van der Waals surface area contributed by atoms with E-state index in [1.54, 1.807) is 18.7 Å². The van der Waals surface area contributed by atoms with Crippen LogP contribution in [0.15, 0.2) is 30.3 Å². The maximum absolute atomic E-state index is 12.4. The molecule has 1 aromatic carbocycles. The molecule has 0 aliphatic carbocycles. The summed E-state index contributed by atoms with van der Waals surface area (Å²) in [7, 11) is 0. The molecule has 2 rings (SSSR count). The predicted octanol–water partition coefficient (Wildman–Crippen LogP) is 1.76. The second kappa shape index (κ2) is 10.5. The highest BCUT2D eigenvalue weighted by Crippen LogP contribution is 2.18. The molecule has 0 radical (unpaired) electrons. The number of rotatable bonds is 8. The molecule has 2 atom stereocenters. The first kappa shape index (κ1) is 20.7. The Labute approximate surface area is 160 Å². The van der Waals surface area contributed by atoms with Gasteiger partial charge in [-0.15, -0.1) is 0 Å². The number of hydrogen-bond acceptors (Lipinski definition) is 5. The second-order valence-corrected chi connectivity index (χ2v) is 6.57. The number of ether oxygens (including phenoxy) is 2. The lowest BCUT2D eigenvalue weighted by molar-refractivity contribution is -0.148. The van der Waals surface area contributed by atoms with Gasteiger partial charge in [0.25, 0.3) is 0 Å². The van der Waals surface area contributed by atoms with Gasteiger partial charge in [-0.1, -0.05) is 18.2 Å². The van der Waals surface area contributed by atoms with Crippen molar-refractivity contribution in [2.24, 2.45) is 5.92 Å². The summed E-state index contributed by atoms with van der Waals surface area (Å²) in [4.78, 5) is 38.2. The number of nitrogens with zero attached hydrogens (tertiary/aromatic N) is 1. The molecule has 1 aromatic rings. The molecule has 0 aromatic heterocycles. The fraction of sp³-hybridized carbons (Fsp3) is 0.550. The Kier molecular flexibility index (Phi) is 8.10. The van der Waals surface area contributed by atoms with E-state index in [0.29, 0.717) is 26.1 Å². The lowest BCUT2D eigenvalue weighted by Crippen LogP contribution is -2.49. The zero-order valence-electron chi connectivity index (χ0n) is 16.0. The third-order valence-corrected chi connectivity index (χ3v) is 4.47. The van der Waals surface area contributed by atoms with Gasteiger partial charge in [0.2, 0.25) is 11.8 Å². The zero-order valence-corrected chi connectivity index (χ0v) is 16.0. The summed E-state index contributed by atoms with van der Waals surface area (Å²) < 4.78 is 10.5. The molecule has 1 N–H and O–H groups in total. The van der Waals surface area contributed by atoms with E-state index in [0.717, 1.165) is 12.2 Å². The molecular formula is C20H28N2O5. The zero-order chi connectivity index (χ0) is 19.6. The number of hydrogen-bond donors (Lipinski definition) is 1. The van der Waals surface area contributed by atoms with Gasteiger partial charge in [-0.05, 0) is 38.8 Å². The van der Waals surface area contributed by atoms with Crippen molar-refractivity contribution in [2.75, 3.05) is 26.3 Å². The van der Waals surface area contributed by atoms with Gasteiger partial charge in [-0.25, -0.2) is 4.79 Å². The van der Waals surface area contributed by atoms with Gasteiger partial charge < -0.3 is 19.7 Å². The maximum atomic E-state index is 12.4. The average Bonchev–Trinajstić information content (AvgIpc) is 2.69. The van der Waals surface area contributed by atoms with Crippen LogP contribution in [0.3, 0.4) is 0 Å². The molecule has 1 aliphatic rings. The molecule has 27 heavy (non-hydrogen) atoms. The lowest BCUT2D eigenvalue weighted by Gasteiger charge is -2.32. The molecule has 0 saturated carbocycles. The minimum absolute atomic E-state index is 0.0260. The van der Waals surface area contributed by atoms with Crippen molar-refractivity contribution in [3.63, 3.8) is 0 Å². The number of carbonyl (C=O) groups excluding carboxylic acids is 3. The fourth-order valence-corrected chi connectivity index (χ4v) is 3.01. The highest BCUT2D eigenvalue weighted by Gasteiger charge is 2.30. The summed E-state index contributed by atoms with van der Waals surface area (Å²) in [5.74, 6) is -0.271. The summed E-state index contributed by atoms with van der Waals surface area (Å²) in [5.41, 5.74) is 0. The molecule has 1 aliphatic heterocycles. The van der Waals surface area contributed by atoms with Crippen LogP contribution in [0.4, 0.5) is 0 Å². The molecule has 7 heteroatoms. The minimum Gasteiger partial charge on any atom is -0.493 e. The summed E-state index contributed by atoms with van der Waals surface area (Å²) >= 11 is 0. The van der Waals surface area contributed by atoms with E-state index < -0.39 is 12.0 Å². The number of benzene rings is 1. The number of nitrogens with one attached hydrogen (secondary N) is 1. The van der Waals surface area contributed by atoms with Crippen LogP contribution in [0, 0.1) is 5.92 Å². The standard InChI is InChI=1S/C20H28N2O5/c1-3-26-20(25)15(2)21-19(24)16-8-7-12-22(14-16)18(23)11-13-27-17-9-5-4-6-10-17/h4-6,9-10,15-16H,3,7-8,11-14H2,1-2H3,(H,21,24). The van der Waals surface area contributed by atoms with Crippen molar-refractivity contribution in [3.05, 3.63) is 30.3 Å². The summed E-state index contributed by atoms with van der Waals surface area (Å²) in [6.45, 7) is 4.90. The van der Waals surface area contributed by atoms with Crippen molar-refractivity contribution in [1.82, 2.24) is 10.2 Å². The third kappa shape index (κ3) is 6.58. The van der Waals surface area contributed by atoms with Crippen molar-refractivity contribution in [3.8, 4) is 5.75 Å². The largest absolute Gasteiger partial charge is 0.493 e. The number of carbonyl (C=O) groups is 3. The van der Waals surface area contributed by atoms with Gasteiger partial charge in [-0.3, -0.25) is 9.59 Å². The van der Waals surface area contributed by atoms with Crippen molar-refractivity contribution in [1.29, 1.82) is 0 Å². The molecule has 1 saturated heterocycles. The molecule has 2 unspecified atom stereocenters. The summed E-state index contributed by atoms with van der Waals surface area (Å²) in [5, 5.41) is 2.68. The van der Waals surface area contributed by atoms with Crippen molar-refractivity contribution >= 4 is 17.8 Å². The normalized spacial score (nSPS) is 17.7. The molecule has 0 bridgehead atoms. The third-order valence-electron chi connectivity index (χ3n) is 4.47. The molecule has 1 heterocycles. The highest BCUT2D eigenvalue weighted by molar-refractivity contribution is 5.86. The molecule has 0 spiro atoms. The molecule has 148 valence electrons. The second-order valence-electron chi connectivity index (χ2n) is 6.57. The van der Waals surface area contributed by atoms with E-state index in [2.05, 4.69) is 5.32 Å². The first-order valence-corrected chi connectivity index (χ1v) is 9.44. The number of esters is 1. The van der Waals surface area contributed by atoms with E-state index in [1.165, 1.54) is 0 Å². The highest BCUT2D eigenvalue weighted by atomic mass is 16.5. The maximum Gasteiger partial charge on any atom is 0.328 e. The van der Waals surface area contributed by atoms with Crippen LogP contribution in [0.2, 0.25) is 0 Å². The number of likely N-dealkylation sites (tertiary alicyclic amines) is 1. The van der Waals surface area contributed by atoms with Gasteiger partial charge in [0.15, 0.2) is 0 Å². The minimum atomic E-state index is -0.692. The predicted molar refractivity (Wildman–Crippen MR) is 100 cm³/mol. The smallest absolute Gasteiger partial charge is 0.328 e. The molecule has 2 amide bonds. The van der Waals surface area contributed by atoms with Gasteiger partial charge in [0.05, 0.1) is 25.6 Å². The Balaban J connectivity index is 1.77. The van der Waals surface area contributed by atoms with Crippen LogP contribution < -0.4 is 10.1 Å². The first-order valence-electron chi connectivity index (χ1n) is 9.44. The summed E-state index contributed by atoms with van der Waals surface area (Å²) in [6.07, 6.45) is 1.73. The quantitative estimate of drug-likeness (QED) is 0.699. The van der Waals surface area contributed by atoms with E-state index in [1.807, 2.05) is 30.3 Å². The van der Waals surface area contributed by atoms with Gasteiger partial charge in [0, 0.05) is 13.1 Å². The van der Waals surface area contributed by atoms with Gasteiger partial charge >= 0.3 is 5.97 Å². The number of piperidine rings is 1. The molecule has 1 fully saturated rings. The molecular weight excluding hydrogens is 348 g/mol. The monoisotopic (exact) mass is 376 g/mol. The SMILES string of the molecule is CCOC(=O)C(C)NC(=O)C1CCCN(C(=O)CCOc2ccccc2)C1. The van der Waals surface area contributed by atoms with Crippen LogP contribution in [-0.4, -0.2) is 55.0 Å². The Morgan fingerprint density at radius 3 is 2.70 bits per heavy atom. The van der Waals surface area contributed by atoms with Crippen LogP contribution >= 0.6 is 0 Å². The lowest BCUT2D eigenvalue weighted by atomic mass is 9.96. The van der Waals surface area contributed by atoms with Crippen molar-refractivity contribution < 1.29 is 23.9 Å². The van der Waals surface area contributed by atoms with Crippen LogP contribution in [0.5, 0.6) is 5.75 Å². The summed E-state index contributed by atoms with van der Waals surface area (Å²) in [6, 6.07) is 8.65. The van der Waals surface area contributed by atoms with Crippen LogP contribution in [0.1, 0.15) is 33.1 Å². The average molecular weight is 376 g/mol. The topological polar surface area (TPSA) is 84.9 Å². The fourth-order valence-electron chi connectivity index (χ4n) is 3.01. The van der Waals surface area contributed by atoms with Gasteiger partial charge in [0.1, 0.15) is 11.8 Å². The van der Waals surface area contributed by atoms with Gasteiger partial charge in [-0.2, -0.15) is 0 Å². The van der Waals surface area contributed by atoms with E-state index in [9.17, 15) is 14.4 Å². The van der Waals surface area contributed by atoms with E-state index >= 15 is 0 Å². The number of amides is 2. The Hall–Kier alpha value is -2.57.